The Kier molecular flexibility index (Phi) is 13.2. The summed E-state index contributed by atoms with van der Waals surface area (Å²) in [5.74, 6) is -0.919. The molecular formula is C18H15N3Na2O10S3. The van der Waals surface area contributed by atoms with Crippen molar-refractivity contribution in [3.05, 3.63) is 48.5 Å². The van der Waals surface area contributed by atoms with Gasteiger partial charge in [0.1, 0.15) is 21.6 Å². The number of azo groups is 1. The van der Waals surface area contributed by atoms with Crippen molar-refractivity contribution in [2.75, 3.05) is 18.1 Å². The Morgan fingerprint density at radius 1 is 0.972 bits per heavy atom. The topological polar surface area (TPSA) is 213 Å². The van der Waals surface area contributed by atoms with E-state index in [4.69, 9.17) is 9.92 Å². The van der Waals surface area contributed by atoms with Gasteiger partial charge in [-0.05, 0) is 47.9 Å². The third-order valence-corrected chi connectivity index (χ3v) is 7.24. The third-order valence-electron chi connectivity index (χ3n) is 4.36. The second-order valence-corrected chi connectivity index (χ2v) is 10.5. The van der Waals surface area contributed by atoms with Gasteiger partial charge in [0, 0.05) is 0 Å². The van der Waals surface area contributed by atoms with Crippen LogP contribution in [-0.2, 0) is 33.5 Å². The Morgan fingerprint density at radius 3 is 2.25 bits per heavy atom. The summed E-state index contributed by atoms with van der Waals surface area (Å²) in [6, 6.07) is 10.0. The van der Waals surface area contributed by atoms with Crippen LogP contribution >= 0.6 is 12.3 Å². The van der Waals surface area contributed by atoms with Crippen molar-refractivity contribution in [3.8, 4) is 5.75 Å². The predicted octanol–water partition coefficient (Wildman–Crippen LogP) is -3.97. The van der Waals surface area contributed by atoms with Crippen molar-refractivity contribution in [3.63, 3.8) is 0 Å². The SMILES string of the molecule is Nc1ccc2cc(S(=O)(=O)[O-])cc(O)c2c1N=Nc1ccc(S(=O)(=O)CCOSOO[O-])cc1.[Na+].[Na+]. The van der Waals surface area contributed by atoms with Gasteiger partial charge in [0.05, 0.1) is 38.9 Å². The average molecular weight is 576 g/mol. The van der Waals surface area contributed by atoms with E-state index in [-0.39, 0.29) is 111 Å². The number of hydrogen-bond acceptors (Lipinski definition) is 14. The van der Waals surface area contributed by atoms with Gasteiger partial charge < -0.3 is 20.7 Å². The first-order chi connectivity index (χ1) is 16.0. The number of nitrogens with zero attached hydrogens (tertiary/aromatic N) is 2. The van der Waals surface area contributed by atoms with E-state index in [0.717, 1.165) is 12.1 Å². The number of sulfone groups is 1. The Bertz CT molecular complexity index is 1440. The van der Waals surface area contributed by atoms with Gasteiger partial charge >= 0.3 is 59.1 Å². The molecule has 0 radical (unpaired) electrons. The summed E-state index contributed by atoms with van der Waals surface area (Å²) in [6.45, 7) is -0.267. The molecule has 0 aromatic heterocycles. The van der Waals surface area contributed by atoms with Crippen LogP contribution in [0, 0.1) is 0 Å². The van der Waals surface area contributed by atoms with Crippen molar-refractivity contribution < 1.29 is 104 Å². The number of fused-ring (bicyclic) bond motifs is 1. The number of phenols is 1. The second kappa shape index (κ2) is 14.4. The van der Waals surface area contributed by atoms with Crippen LogP contribution < -0.4 is 70.1 Å². The molecule has 0 aliphatic carbocycles. The molecule has 0 saturated carbocycles. The first-order valence-electron chi connectivity index (χ1n) is 9.03. The van der Waals surface area contributed by atoms with Crippen LogP contribution in [-0.4, -0.2) is 38.9 Å². The molecular weight excluding hydrogens is 560 g/mol. The molecule has 0 atom stereocenters. The van der Waals surface area contributed by atoms with Crippen LogP contribution in [0.15, 0.2) is 68.6 Å². The maximum absolute atomic E-state index is 12.3. The minimum atomic E-state index is -4.80. The van der Waals surface area contributed by atoms with Crippen molar-refractivity contribution >= 4 is 60.1 Å². The number of aromatic hydroxyl groups is 1. The Morgan fingerprint density at radius 2 is 1.64 bits per heavy atom. The van der Waals surface area contributed by atoms with Gasteiger partial charge in [-0.3, -0.25) is 9.22 Å². The van der Waals surface area contributed by atoms with Crippen LogP contribution in [0.3, 0.4) is 0 Å². The molecule has 3 aromatic rings. The molecule has 3 aromatic carbocycles. The van der Waals surface area contributed by atoms with E-state index in [9.17, 15) is 31.8 Å². The molecule has 0 aliphatic heterocycles. The van der Waals surface area contributed by atoms with E-state index in [1.165, 1.54) is 36.4 Å². The van der Waals surface area contributed by atoms with Crippen molar-refractivity contribution in [2.24, 2.45) is 10.2 Å². The van der Waals surface area contributed by atoms with Gasteiger partial charge in [-0.15, -0.1) is 9.45 Å². The van der Waals surface area contributed by atoms with Crippen LogP contribution in [0.2, 0.25) is 0 Å². The Labute approximate surface area is 254 Å². The first-order valence-corrected chi connectivity index (χ1v) is 12.8. The summed E-state index contributed by atoms with van der Waals surface area (Å²) in [5.41, 5.74) is 6.33. The number of nitrogens with two attached hydrogens (primary N) is 1. The molecule has 3 rings (SSSR count). The van der Waals surface area contributed by atoms with Gasteiger partial charge in [0.2, 0.25) is 0 Å². The van der Waals surface area contributed by atoms with Crippen molar-refractivity contribution in [2.45, 2.75) is 9.79 Å². The molecule has 36 heavy (non-hydrogen) atoms. The minimum absolute atomic E-state index is 0. The summed E-state index contributed by atoms with van der Waals surface area (Å²) < 4.78 is 67.0. The fourth-order valence-corrected chi connectivity index (χ4v) is 4.76. The normalized spacial score (nSPS) is 11.8. The molecule has 0 fully saturated rings. The first kappa shape index (κ1) is 33.2. The van der Waals surface area contributed by atoms with Crippen molar-refractivity contribution in [1.29, 1.82) is 0 Å². The fourth-order valence-electron chi connectivity index (χ4n) is 2.82. The zero-order chi connectivity index (χ0) is 24.9. The molecule has 0 aliphatic rings. The van der Waals surface area contributed by atoms with E-state index in [1.54, 1.807) is 0 Å². The Hall–Kier alpha value is -0.830. The maximum atomic E-state index is 12.3. The predicted molar refractivity (Wildman–Crippen MR) is 116 cm³/mol. The summed E-state index contributed by atoms with van der Waals surface area (Å²) >= 11 is 0.201. The number of hydrogen-bond donors (Lipinski definition) is 2. The molecule has 0 saturated heterocycles. The molecule has 0 spiro atoms. The summed E-state index contributed by atoms with van der Waals surface area (Å²) in [7, 11) is -8.50. The van der Waals surface area contributed by atoms with E-state index in [0.29, 0.717) is 0 Å². The maximum Gasteiger partial charge on any atom is 1.00 e. The largest absolute Gasteiger partial charge is 1.00 e. The molecule has 0 amide bonds. The zero-order valence-corrected chi connectivity index (χ0v) is 25.3. The zero-order valence-electron chi connectivity index (χ0n) is 18.9. The molecule has 13 nitrogen and oxygen atoms in total. The standard InChI is InChI=1S/C18H17N3O10S3.2Na/c19-15-6-1-11-9-14(34(26,27)28)10-16(22)17(11)18(15)21-20-12-2-4-13(5-3-12)33(24,25)8-7-29-32-31-30-23;;/h1-6,9-10,22-23H,7-8,19H2,(H,26,27,28);;/q;2*+1/p-2. The fraction of sp³-hybridized carbons (Fsp3) is 0.111. The molecule has 3 N–H and O–H groups in total. The van der Waals surface area contributed by atoms with E-state index >= 15 is 0 Å². The van der Waals surface area contributed by atoms with Gasteiger partial charge in [0.15, 0.2) is 22.2 Å². The van der Waals surface area contributed by atoms with Crippen molar-refractivity contribution in [1.82, 2.24) is 0 Å². The molecule has 0 unspecified atom stereocenters. The van der Waals surface area contributed by atoms with Gasteiger partial charge in [0.25, 0.3) is 0 Å². The number of benzene rings is 3. The number of anilines is 1. The van der Waals surface area contributed by atoms with E-state index in [1.807, 2.05) is 0 Å². The molecule has 0 bridgehead atoms. The molecule has 18 heteroatoms. The molecule has 182 valence electrons. The van der Waals surface area contributed by atoms with Crippen LogP contribution in [0.25, 0.3) is 10.8 Å². The van der Waals surface area contributed by atoms with Crippen LogP contribution in [0.1, 0.15) is 0 Å². The second-order valence-electron chi connectivity index (χ2n) is 6.54. The number of rotatable bonds is 10. The van der Waals surface area contributed by atoms with Gasteiger partial charge in [-0.25, -0.2) is 16.8 Å². The van der Waals surface area contributed by atoms with E-state index < -0.39 is 36.4 Å². The smallest absolute Gasteiger partial charge is 0.744 e. The van der Waals surface area contributed by atoms with Gasteiger partial charge in [-0.2, -0.15) is 5.11 Å². The molecule has 0 heterocycles. The summed E-state index contributed by atoms with van der Waals surface area (Å²) in [6.07, 6.45) is 0. The third kappa shape index (κ3) is 8.60. The van der Waals surface area contributed by atoms with E-state index in [2.05, 4.69) is 19.6 Å². The van der Waals surface area contributed by atoms with Gasteiger partial charge in [-0.1, -0.05) is 6.07 Å². The monoisotopic (exact) mass is 575 g/mol. The van der Waals surface area contributed by atoms with Crippen LogP contribution in [0.4, 0.5) is 17.1 Å². The minimum Gasteiger partial charge on any atom is -0.744 e. The summed E-state index contributed by atoms with van der Waals surface area (Å²) in [5, 5.41) is 31.3. The summed E-state index contributed by atoms with van der Waals surface area (Å²) in [4.78, 5) is -0.632. The number of phenolic OH excluding ortho intramolecular Hbond substituents is 1. The average Bonchev–Trinajstić information content (AvgIpc) is 2.78. The van der Waals surface area contributed by atoms with Crippen LogP contribution in [0.5, 0.6) is 5.75 Å². The quantitative estimate of drug-likeness (QED) is 0.0346. The number of nitrogen functional groups attached to an aromatic ring is 1. The Balaban J connectivity index is 0.00000324.